The standard InChI is InChI=1S/C20H37N5O6S/c1-10(2)8-14(19(29)25-16(11(3)4)20(30)31)24-18(28)13(6-7-32-5)23-17(27)12(21)9-15(22)26/h10-14,16H,6-9,21H2,1-5H3,(H2,22,26)(H,23,27)(H,24,28)(H,25,29)(H,30,31). The van der Waals surface area contributed by atoms with Crippen molar-refractivity contribution in [3.8, 4) is 0 Å². The van der Waals surface area contributed by atoms with Crippen molar-refractivity contribution in [3.05, 3.63) is 0 Å². The molecule has 0 spiro atoms. The Morgan fingerprint density at radius 2 is 1.44 bits per heavy atom. The highest BCUT2D eigenvalue weighted by Gasteiger charge is 2.31. The summed E-state index contributed by atoms with van der Waals surface area (Å²) in [6.07, 6.45) is 2.00. The molecule has 0 saturated heterocycles. The Labute approximate surface area is 193 Å². The van der Waals surface area contributed by atoms with Crippen LogP contribution in [-0.4, -0.2) is 70.9 Å². The van der Waals surface area contributed by atoms with Crippen LogP contribution in [0.4, 0.5) is 0 Å². The number of nitrogens with one attached hydrogen (secondary N) is 3. The molecule has 0 rings (SSSR count). The third kappa shape index (κ3) is 11.3. The fourth-order valence-corrected chi connectivity index (χ4v) is 3.31. The van der Waals surface area contributed by atoms with Crippen LogP contribution in [0.3, 0.4) is 0 Å². The first-order valence-corrected chi connectivity index (χ1v) is 11.9. The maximum absolute atomic E-state index is 12.9. The van der Waals surface area contributed by atoms with Crippen LogP contribution in [0.1, 0.15) is 47.0 Å². The second kappa shape index (κ2) is 14.7. The van der Waals surface area contributed by atoms with Gasteiger partial charge in [-0.15, -0.1) is 0 Å². The van der Waals surface area contributed by atoms with E-state index < -0.39 is 53.8 Å². The summed E-state index contributed by atoms with van der Waals surface area (Å²) in [6.45, 7) is 7.05. The maximum atomic E-state index is 12.9. The van der Waals surface area contributed by atoms with E-state index in [-0.39, 0.29) is 31.1 Å². The topological polar surface area (TPSA) is 194 Å². The fraction of sp³-hybridized carbons (Fsp3) is 0.750. The molecule has 0 aromatic heterocycles. The van der Waals surface area contributed by atoms with Gasteiger partial charge in [-0.3, -0.25) is 19.2 Å². The number of hydrogen-bond donors (Lipinski definition) is 6. The van der Waals surface area contributed by atoms with Gasteiger partial charge >= 0.3 is 5.97 Å². The zero-order chi connectivity index (χ0) is 25.0. The SMILES string of the molecule is CSCCC(NC(=O)C(N)CC(N)=O)C(=O)NC(CC(C)C)C(=O)NC(C(=O)O)C(C)C. The molecule has 4 atom stereocenters. The number of rotatable bonds is 15. The van der Waals surface area contributed by atoms with Gasteiger partial charge in [0.25, 0.3) is 0 Å². The van der Waals surface area contributed by atoms with E-state index in [0.717, 1.165) is 0 Å². The molecular weight excluding hydrogens is 438 g/mol. The lowest BCUT2D eigenvalue weighted by Gasteiger charge is -2.26. The van der Waals surface area contributed by atoms with Crippen LogP contribution >= 0.6 is 11.8 Å². The second-order valence-corrected chi connectivity index (χ2v) is 9.36. The van der Waals surface area contributed by atoms with Gasteiger partial charge in [-0.2, -0.15) is 11.8 Å². The fourth-order valence-electron chi connectivity index (χ4n) is 2.84. The van der Waals surface area contributed by atoms with E-state index in [0.29, 0.717) is 5.75 Å². The van der Waals surface area contributed by atoms with Crippen molar-refractivity contribution < 1.29 is 29.1 Å². The lowest BCUT2D eigenvalue weighted by Crippen LogP contribution is -2.58. The summed E-state index contributed by atoms with van der Waals surface area (Å²) in [4.78, 5) is 60.4. The van der Waals surface area contributed by atoms with E-state index in [9.17, 15) is 29.1 Å². The van der Waals surface area contributed by atoms with E-state index >= 15 is 0 Å². The van der Waals surface area contributed by atoms with Crippen LogP contribution in [0.5, 0.6) is 0 Å². The van der Waals surface area contributed by atoms with Crippen LogP contribution < -0.4 is 27.4 Å². The van der Waals surface area contributed by atoms with Gasteiger partial charge in [-0.05, 0) is 36.7 Å². The van der Waals surface area contributed by atoms with E-state index in [1.165, 1.54) is 11.8 Å². The first kappa shape index (κ1) is 29.7. The first-order valence-electron chi connectivity index (χ1n) is 10.5. The molecule has 0 fully saturated rings. The van der Waals surface area contributed by atoms with Crippen molar-refractivity contribution >= 4 is 41.4 Å². The first-order chi connectivity index (χ1) is 14.8. The molecule has 0 bridgehead atoms. The van der Waals surface area contributed by atoms with Crippen molar-refractivity contribution in [2.24, 2.45) is 23.3 Å². The highest BCUT2D eigenvalue weighted by Crippen LogP contribution is 2.09. The summed E-state index contributed by atoms with van der Waals surface area (Å²) in [6, 6.07) is -4.28. The van der Waals surface area contributed by atoms with Crippen LogP contribution in [0.15, 0.2) is 0 Å². The van der Waals surface area contributed by atoms with Gasteiger partial charge in [0.2, 0.25) is 23.6 Å². The van der Waals surface area contributed by atoms with E-state index in [1.54, 1.807) is 13.8 Å². The largest absolute Gasteiger partial charge is 0.480 e. The Bertz CT molecular complexity index is 673. The summed E-state index contributed by atoms with van der Waals surface area (Å²) >= 11 is 1.46. The maximum Gasteiger partial charge on any atom is 0.326 e. The molecular formula is C20H37N5O6S. The molecule has 8 N–H and O–H groups in total. The summed E-state index contributed by atoms with van der Waals surface area (Å²) in [5.41, 5.74) is 10.7. The zero-order valence-electron chi connectivity index (χ0n) is 19.3. The Morgan fingerprint density at radius 1 is 0.906 bits per heavy atom. The molecule has 12 heteroatoms. The number of thioether (sulfide) groups is 1. The van der Waals surface area contributed by atoms with E-state index in [1.807, 2.05) is 20.1 Å². The molecule has 0 aliphatic rings. The monoisotopic (exact) mass is 475 g/mol. The number of carboxylic acids is 1. The van der Waals surface area contributed by atoms with Gasteiger partial charge in [0.1, 0.15) is 18.1 Å². The zero-order valence-corrected chi connectivity index (χ0v) is 20.2. The van der Waals surface area contributed by atoms with Crippen molar-refractivity contribution in [1.29, 1.82) is 0 Å². The van der Waals surface area contributed by atoms with Gasteiger partial charge in [0.05, 0.1) is 12.5 Å². The van der Waals surface area contributed by atoms with Crippen LogP contribution in [-0.2, 0) is 24.0 Å². The third-order valence-corrected chi connectivity index (χ3v) is 5.22. The number of carboxylic acid groups (broad SMARTS) is 1. The van der Waals surface area contributed by atoms with Gasteiger partial charge in [0.15, 0.2) is 0 Å². The average molecular weight is 476 g/mol. The van der Waals surface area contributed by atoms with E-state index in [4.69, 9.17) is 11.5 Å². The smallest absolute Gasteiger partial charge is 0.326 e. The van der Waals surface area contributed by atoms with Crippen molar-refractivity contribution in [2.75, 3.05) is 12.0 Å². The number of primary amides is 1. The molecule has 0 aromatic carbocycles. The van der Waals surface area contributed by atoms with Crippen molar-refractivity contribution in [3.63, 3.8) is 0 Å². The third-order valence-electron chi connectivity index (χ3n) is 4.57. The minimum absolute atomic E-state index is 0.0246. The number of carbonyl (C=O) groups excluding carboxylic acids is 4. The minimum atomic E-state index is -1.20. The van der Waals surface area contributed by atoms with E-state index in [2.05, 4.69) is 16.0 Å². The van der Waals surface area contributed by atoms with Gasteiger partial charge in [-0.25, -0.2) is 4.79 Å². The molecule has 0 radical (unpaired) electrons. The molecule has 0 aromatic rings. The Hall–Kier alpha value is -2.34. The van der Waals surface area contributed by atoms with Crippen molar-refractivity contribution in [1.82, 2.24) is 16.0 Å². The number of hydrogen-bond acceptors (Lipinski definition) is 7. The Balaban J connectivity index is 5.46. The number of aliphatic carboxylic acids is 1. The highest BCUT2D eigenvalue weighted by atomic mass is 32.2. The summed E-state index contributed by atoms with van der Waals surface area (Å²) in [5.74, 6) is -3.63. The second-order valence-electron chi connectivity index (χ2n) is 8.38. The predicted octanol–water partition coefficient (Wildman–Crippen LogP) is -0.817. The summed E-state index contributed by atoms with van der Waals surface area (Å²) in [5, 5.41) is 16.9. The number of amides is 4. The van der Waals surface area contributed by atoms with Crippen LogP contribution in [0, 0.1) is 11.8 Å². The molecule has 4 amide bonds. The van der Waals surface area contributed by atoms with Crippen LogP contribution in [0.2, 0.25) is 0 Å². The molecule has 0 aliphatic carbocycles. The number of nitrogens with two attached hydrogens (primary N) is 2. The quantitative estimate of drug-likeness (QED) is 0.177. The van der Waals surface area contributed by atoms with Crippen LogP contribution in [0.25, 0.3) is 0 Å². The molecule has 32 heavy (non-hydrogen) atoms. The molecule has 0 aliphatic heterocycles. The lowest BCUT2D eigenvalue weighted by molar-refractivity contribution is -0.143. The summed E-state index contributed by atoms with van der Waals surface area (Å²) < 4.78 is 0. The average Bonchev–Trinajstić information content (AvgIpc) is 2.66. The molecule has 0 heterocycles. The molecule has 11 nitrogen and oxygen atoms in total. The van der Waals surface area contributed by atoms with Gasteiger partial charge < -0.3 is 32.5 Å². The van der Waals surface area contributed by atoms with Gasteiger partial charge in [-0.1, -0.05) is 27.7 Å². The lowest BCUT2D eigenvalue weighted by atomic mass is 10.00. The Morgan fingerprint density at radius 3 is 1.88 bits per heavy atom. The van der Waals surface area contributed by atoms with Gasteiger partial charge in [0, 0.05) is 0 Å². The highest BCUT2D eigenvalue weighted by molar-refractivity contribution is 7.98. The predicted molar refractivity (Wildman–Crippen MR) is 123 cm³/mol. The van der Waals surface area contributed by atoms with Crippen molar-refractivity contribution in [2.45, 2.75) is 71.1 Å². The minimum Gasteiger partial charge on any atom is -0.480 e. The molecule has 0 saturated carbocycles. The number of carbonyl (C=O) groups is 5. The normalized spacial score (nSPS) is 14.9. The summed E-state index contributed by atoms with van der Waals surface area (Å²) in [7, 11) is 0. The molecule has 4 unspecified atom stereocenters. The molecule has 184 valence electrons. The Kier molecular flexibility index (Phi) is 13.6.